The average Bonchev–Trinajstić information content (AvgIpc) is 3.55. The third-order valence-corrected chi connectivity index (χ3v) is 8.41. The number of halogens is 2. The molecule has 1 aromatic carbocycles. The van der Waals surface area contributed by atoms with Crippen molar-refractivity contribution in [1.82, 2.24) is 30.6 Å². The molecule has 3 aromatic rings. The third-order valence-electron chi connectivity index (χ3n) is 7.09. The SMILES string of the molecule is Cl.O=C(NC1CCCCC1NC(=O)c1nc2c(s1)CN1CCCN1C2)c1cc2cc(Cl)ccc2[nH]1. The highest BCUT2D eigenvalue weighted by Crippen LogP contribution is 2.30. The number of amides is 2. The molecule has 8 nitrogen and oxygen atoms in total. The second kappa shape index (κ2) is 10.1. The Hall–Kier alpha value is -2.17. The summed E-state index contributed by atoms with van der Waals surface area (Å²) in [5.41, 5.74) is 2.39. The quantitative estimate of drug-likeness (QED) is 0.468. The molecule has 3 aliphatic rings. The Morgan fingerprint density at radius 1 is 1.00 bits per heavy atom. The molecule has 4 heterocycles. The van der Waals surface area contributed by atoms with Crippen molar-refractivity contribution in [2.24, 2.45) is 0 Å². The lowest BCUT2D eigenvalue weighted by molar-refractivity contribution is -0.00171. The van der Waals surface area contributed by atoms with Crippen LogP contribution in [0.5, 0.6) is 0 Å². The molecule has 186 valence electrons. The fourth-order valence-electron chi connectivity index (χ4n) is 5.32. The summed E-state index contributed by atoms with van der Waals surface area (Å²) in [5, 5.41) is 13.1. The fourth-order valence-corrected chi connectivity index (χ4v) is 6.48. The number of rotatable bonds is 4. The highest BCUT2D eigenvalue weighted by Gasteiger charge is 2.33. The van der Waals surface area contributed by atoms with Gasteiger partial charge in [-0.1, -0.05) is 24.4 Å². The molecule has 1 saturated carbocycles. The Morgan fingerprint density at radius 3 is 2.49 bits per heavy atom. The summed E-state index contributed by atoms with van der Waals surface area (Å²) >= 11 is 7.58. The molecule has 2 atom stereocenters. The number of nitrogens with one attached hydrogen (secondary N) is 3. The van der Waals surface area contributed by atoms with Gasteiger partial charge in [-0.25, -0.2) is 15.0 Å². The van der Waals surface area contributed by atoms with E-state index in [0.29, 0.717) is 15.7 Å². The zero-order valence-electron chi connectivity index (χ0n) is 19.2. The maximum Gasteiger partial charge on any atom is 0.280 e. The van der Waals surface area contributed by atoms with Crippen molar-refractivity contribution in [1.29, 1.82) is 0 Å². The lowest BCUT2D eigenvalue weighted by atomic mass is 9.90. The first-order valence-corrected chi connectivity index (χ1v) is 13.1. The van der Waals surface area contributed by atoms with Crippen molar-refractivity contribution >= 4 is 58.1 Å². The minimum absolute atomic E-state index is 0. The van der Waals surface area contributed by atoms with Crippen LogP contribution in [0, 0.1) is 0 Å². The topological polar surface area (TPSA) is 93.4 Å². The van der Waals surface area contributed by atoms with Gasteiger partial charge < -0.3 is 15.6 Å². The Morgan fingerprint density at radius 2 is 1.71 bits per heavy atom. The Bertz CT molecular complexity index is 1230. The van der Waals surface area contributed by atoms with E-state index in [9.17, 15) is 9.59 Å². The van der Waals surface area contributed by atoms with E-state index >= 15 is 0 Å². The van der Waals surface area contributed by atoms with Gasteiger partial charge in [0.2, 0.25) is 0 Å². The number of benzene rings is 1. The summed E-state index contributed by atoms with van der Waals surface area (Å²) in [6, 6.07) is 7.08. The molecular weight excluding hydrogens is 507 g/mol. The molecule has 0 spiro atoms. The van der Waals surface area contributed by atoms with E-state index in [1.54, 1.807) is 6.07 Å². The van der Waals surface area contributed by atoms with Crippen LogP contribution in [-0.2, 0) is 13.1 Å². The first-order valence-electron chi connectivity index (χ1n) is 11.9. The maximum atomic E-state index is 13.1. The largest absolute Gasteiger partial charge is 0.351 e. The lowest BCUT2D eigenvalue weighted by Gasteiger charge is -2.32. The minimum atomic E-state index is -0.169. The van der Waals surface area contributed by atoms with E-state index in [2.05, 4.69) is 30.6 Å². The molecule has 6 rings (SSSR count). The summed E-state index contributed by atoms with van der Waals surface area (Å²) in [5.74, 6) is -0.307. The molecule has 2 aromatic heterocycles. The first-order chi connectivity index (χ1) is 16.5. The molecule has 2 amide bonds. The van der Waals surface area contributed by atoms with E-state index in [0.717, 1.165) is 68.5 Å². The van der Waals surface area contributed by atoms with Gasteiger partial charge in [0.25, 0.3) is 11.8 Å². The van der Waals surface area contributed by atoms with E-state index < -0.39 is 0 Å². The smallest absolute Gasteiger partial charge is 0.280 e. The number of carbonyl (C=O) groups excluding carboxylic acids is 2. The summed E-state index contributed by atoms with van der Waals surface area (Å²) in [4.78, 5) is 35.1. The Balaban J connectivity index is 0.00000253. The average molecular weight is 536 g/mol. The van der Waals surface area contributed by atoms with Crippen molar-refractivity contribution in [2.45, 2.75) is 57.3 Å². The van der Waals surface area contributed by atoms with E-state index in [1.165, 1.54) is 22.6 Å². The second-order valence-corrected chi connectivity index (χ2v) is 10.9. The Kier molecular flexibility index (Phi) is 7.05. The normalized spacial score (nSPS) is 22.3. The summed E-state index contributed by atoms with van der Waals surface area (Å²) in [7, 11) is 0. The molecule has 35 heavy (non-hydrogen) atoms. The van der Waals surface area contributed by atoms with Crippen molar-refractivity contribution in [3.05, 3.63) is 50.6 Å². The van der Waals surface area contributed by atoms with Gasteiger partial charge in [0.15, 0.2) is 5.01 Å². The number of nitrogens with zero attached hydrogens (tertiary/aromatic N) is 3. The molecule has 11 heteroatoms. The standard InChI is InChI=1S/C24H27ClN6O2S.ClH/c25-15-6-7-16-14(10-15)11-19(26-16)22(32)27-17-4-1-2-5-18(17)28-23(33)24-29-20-12-30-8-3-9-31(30)13-21(20)34-24;/h6-7,10-11,17-18,26H,1-5,8-9,12-13H2,(H,27,32)(H,28,33);1H. The number of carbonyl (C=O) groups is 2. The van der Waals surface area contributed by atoms with Gasteiger partial charge in [-0.3, -0.25) is 9.59 Å². The number of aromatic nitrogens is 2. The van der Waals surface area contributed by atoms with Crippen molar-refractivity contribution in [3.8, 4) is 0 Å². The molecule has 1 saturated heterocycles. The van der Waals surface area contributed by atoms with Gasteiger partial charge in [-0.05, 0) is 43.5 Å². The minimum Gasteiger partial charge on any atom is -0.351 e. The number of hydrogen-bond donors (Lipinski definition) is 3. The second-order valence-electron chi connectivity index (χ2n) is 9.38. The molecule has 0 bridgehead atoms. The van der Waals surface area contributed by atoms with Crippen molar-refractivity contribution < 1.29 is 9.59 Å². The van der Waals surface area contributed by atoms with E-state index in [1.807, 2.05) is 18.2 Å². The number of hydrogen-bond acceptors (Lipinski definition) is 6. The van der Waals surface area contributed by atoms with Crippen LogP contribution in [0.15, 0.2) is 24.3 Å². The zero-order valence-corrected chi connectivity index (χ0v) is 21.6. The number of hydrazine groups is 1. The van der Waals surface area contributed by atoms with E-state index in [4.69, 9.17) is 11.6 Å². The third kappa shape index (κ3) is 4.93. The fraction of sp³-hybridized carbons (Fsp3) is 0.458. The van der Waals surface area contributed by atoms with Gasteiger partial charge in [0.05, 0.1) is 12.2 Å². The van der Waals surface area contributed by atoms with Crippen LogP contribution in [0.3, 0.4) is 0 Å². The van der Waals surface area contributed by atoms with Crippen LogP contribution < -0.4 is 10.6 Å². The molecule has 2 fully saturated rings. The van der Waals surface area contributed by atoms with Crippen LogP contribution in [0.4, 0.5) is 0 Å². The number of aromatic amines is 1. The molecule has 1 aliphatic carbocycles. The molecule has 3 N–H and O–H groups in total. The van der Waals surface area contributed by atoms with Gasteiger partial charge >= 0.3 is 0 Å². The predicted molar refractivity (Wildman–Crippen MR) is 139 cm³/mol. The monoisotopic (exact) mass is 534 g/mol. The van der Waals surface area contributed by atoms with Crippen molar-refractivity contribution in [3.63, 3.8) is 0 Å². The van der Waals surface area contributed by atoms with Crippen LogP contribution in [0.1, 0.15) is 63.0 Å². The van der Waals surface area contributed by atoms with E-state index in [-0.39, 0.29) is 36.3 Å². The van der Waals surface area contributed by atoms with Gasteiger partial charge in [-0.2, -0.15) is 0 Å². The highest BCUT2D eigenvalue weighted by atomic mass is 35.5. The number of H-pyrrole nitrogens is 1. The zero-order chi connectivity index (χ0) is 23.2. The van der Waals surface area contributed by atoms with Gasteiger partial charge in [-0.15, -0.1) is 23.7 Å². The predicted octanol–water partition coefficient (Wildman–Crippen LogP) is 4.11. The van der Waals surface area contributed by atoms with Crippen LogP contribution in [0.2, 0.25) is 5.02 Å². The lowest BCUT2D eigenvalue weighted by Crippen LogP contribution is -2.53. The molecule has 2 unspecified atom stereocenters. The summed E-state index contributed by atoms with van der Waals surface area (Å²) < 4.78 is 0. The molecular formula is C24H28Cl2N6O2S. The van der Waals surface area contributed by atoms with Crippen LogP contribution in [0.25, 0.3) is 10.9 Å². The highest BCUT2D eigenvalue weighted by molar-refractivity contribution is 7.13. The maximum absolute atomic E-state index is 13.1. The van der Waals surface area contributed by atoms with Gasteiger partial charge in [0.1, 0.15) is 5.69 Å². The van der Waals surface area contributed by atoms with Crippen molar-refractivity contribution in [2.75, 3.05) is 13.1 Å². The molecule has 0 radical (unpaired) electrons. The van der Waals surface area contributed by atoms with Crippen LogP contribution in [-0.4, -0.2) is 57.0 Å². The summed E-state index contributed by atoms with van der Waals surface area (Å²) in [6.07, 6.45) is 4.91. The number of thiazole rings is 1. The van der Waals surface area contributed by atoms with Gasteiger partial charge in [0, 0.05) is 52.5 Å². The summed E-state index contributed by atoms with van der Waals surface area (Å²) in [6.45, 7) is 3.77. The van der Waals surface area contributed by atoms with Crippen LogP contribution >= 0.6 is 35.3 Å². The Labute approximate surface area is 218 Å². The molecule has 2 aliphatic heterocycles. The number of fused-ring (bicyclic) bond motifs is 3. The first kappa shape index (κ1) is 24.5.